The Kier molecular flexibility index (Phi) is 5.86. The highest BCUT2D eigenvalue weighted by Crippen LogP contribution is 2.43. The molecule has 0 radical (unpaired) electrons. The van der Waals surface area contributed by atoms with E-state index in [1.54, 1.807) is 6.20 Å². The molecule has 35 heavy (non-hydrogen) atoms. The van der Waals surface area contributed by atoms with Gasteiger partial charge in [-0.2, -0.15) is 5.26 Å². The van der Waals surface area contributed by atoms with Crippen LogP contribution in [0.15, 0.2) is 54.0 Å². The minimum Gasteiger partial charge on any atom is -0.397 e. The third kappa shape index (κ3) is 4.07. The van der Waals surface area contributed by atoms with Gasteiger partial charge in [0.1, 0.15) is 32.9 Å². The van der Waals surface area contributed by atoms with Crippen molar-refractivity contribution in [2.24, 2.45) is 0 Å². The molecule has 4 aromatic heterocycles. The Labute approximate surface area is 208 Å². The first kappa shape index (κ1) is 22.5. The number of pyridine rings is 2. The number of carbonyl (C=O) groups is 1. The standard InChI is InChI=1S/C25H19N7OS2/c1-2-13-6-8-14(9-7-13)18-15(11-26)22(28)31-24-19(18)20(27)21(35-24)23(33)32-25-30-17(12-34-25)16-5-3-4-10-29-16/h3-10,12H,2,27H2,1H3,(H2,28,31)(H,30,32,33). The molecule has 0 fully saturated rings. The van der Waals surface area contributed by atoms with E-state index in [9.17, 15) is 10.1 Å². The lowest BCUT2D eigenvalue weighted by Gasteiger charge is -2.10. The van der Waals surface area contributed by atoms with Crippen LogP contribution in [0, 0.1) is 11.3 Å². The SMILES string of the molecule is CCc1ccc(-c2c(C#N)c(N)nc3sc(C(=O)Nc4nc(-c5ccccn5)cs4)c(N)c23)cc1. The van der Waals surface area contributed by atoms with E-state index in [0.29, 0.717) is 32.3 Å². The van der Waals surface area contributed by atoms with Crippen LogP contribution in [0.1, 0.15) is 27.7 Å². The van der Waals surface area contributed by atoms with E-state index in [2.05, 4.69) is 33.3 Å². The highest BCUT2D eigenvalue weighted by molar-refractivity contribution is 7.21. The lowest BCUT2D eigenvalue weighted by Crippen LogP contribution is -2.11. The number of hydrogen-bond acceptors (Lipinski definition) is 9. The summed E-state index contributed by atoms with van der Waals surface area (Å²) in [6, 6.07) is 15.6. The number of thiazole rings is 1. The van der Waals surface area contributed by atoms with Crippen molar-refractivity contribution in [1.82, 2.24) is 15.0 Å². The van der Waals surface area contributed by atoms with Gasteiger partial charge < -0.3 is 11.5 Å². The van der Waals surface area contributed by atoms with Crippen molar-refractivity contribution in [1.29, 1.82) is 5.26 Å². The van der Waals surface area contributed by atoms with Crippen molar-refractivity contribution >= 4 is 55.4 Å². The number of nitriles is 1. The monoisotopic (exact) mass is 497 g/mol. The minimum atomic E-state index is -0.406. The second-order valence-corrected chi connectivity index (χ2v) is 9.50. The molecule has 0 saturated heterocycles. The predicted molar refractivity (Wildman–Crippen MR) is 141 cm³/mol. The van der Waals surface area contributed by atoms with Crippen molar-refractivity contribution in [3.05, 3.63) is 70.0 Å². The minimum absolute atomic E-state index is 0.0997. The number of nitrogen functional groups attached to an aromatic ring is 2. The fourth-order valence-corrected chi connectivity index (χ4v) is 5.47. The molecule has 5 N–H and O–H groups in total. The van der Waals surface area contributed by atoms with Crippen LogP contribution in [0.25, 0.3) is 32.7 Å². The molecule has 0 unspecified atom stereocenters. The summed E-state index contributed by atoms with van der Waals surface area (Å²) < 4.78 is 0. The maximum Gasteiger partial charge on any atom is 0.269 e. The molecule has 0 saturated carbocycles. The van der Waals surface area contributed by atoms with Crippen LogP contribution in [0.4, 0.5) is 16.6 Å². The van der Waals surface area contributed by atoms with Gasteiger partial charge in [0.25, 0.3) is 5.91 Å². The highest BCUT2D eigenvalue weighted by atomic mass is 32.1. The third-order valence-corrected chi connectivity index (χ3v) is 7.38. The molecule has 4 heterocycles. The molecule has 0 aliphatic carbocycles. The molecule has 0 aliphatic heterocycles. The van der Waals surface area contributed by atoms with Crippen LogP contribution in [0.5, 0.6) is 0 Å². The van der Waals surface area contributed by atoms with Crippen molar-refractivity contribution in [3.63, 3.8) is 0 Å². The van der Waals surface area contributed by atoms with Crippen LogP contribution < -0.4 is 16.8 Å². The number of carbonyl (C=O) groups excluding carboxylic acids is 1. The van der Waals surface area contributed by atoms with Gasteiger partial charge >= 0.3 is 0 Å². The number of hydrogen-bond donors (Lipinski definition) is 3. The average Bonchev–Trinajstić information content (AvgIpc) is 3.48. The molecular weight excluding hydrogens is 478 g/mol. The lowest BCUT2D eigenvalue weighted by molar-refractivity contribution is 0.103. The molecule has 10 heteroatoms. The van der Waals surface area contributed by atoms with E-state index in [-0.39, 0.29) is 21.9 Å². The number of nitrogens with zero attached hydrogens (tertiary/aromatic N) is 4. The van der Waals surface area contributed by atoms with Gasteiger partial charge in [0, 0.05) is 22.5 Å². The second-order valence-electron chi connectivity index (χ2n) is 7.64. The molecule has 0 atom stereocenters. The summed E-state index contributed by atoms with van der Waals surface area (Å²) in [5.74, 6) is -0.306. The molecule has 1 amide bonds. The number of anilines is 3. The number of fused-ring (bicyclic) bond motifs is 1. The van der Waals surface area contributed by atoms with Crippen LogP contribution >= 0.6 is 22.7 Å². The number of aromatic nitrogens is 3. The van der Waals surface area contributed by atoms with Gasteiger partial charge in [-0.3, -0.25) is 15.1 Å². The summed E-state index contributed by atoms with van der Waals surface area (Å²) in [7, 11) is 0. The van der Waals surface area contributed by atoms with Gasteiger partial charge in [0.05, 0.1) is 11.4 Å². The number of aryl methyl sites for hydroxylation is 1. The normalized spacial score (nSPS) is 10.9. The Morgan fingerprint density at radius 3 is 2.60 bits per heavy atom. The van der Waals surface area contributed by atoms with E-state index in [4.69, 9.17) is 11.5 Å². The van der Waals surface area contributed by atoms with Gasteiger partial charge in [-0.05, 0) is 29.7 Å². The van der Waals surface area contributed by atoms with Gasteiger partial charge in [0.15, 0.2) is 5.13 Å². The van der Waals surface area contributed by atoms with Gasteiger partial charge in [-0.15, -0.1) is 22.7 Å². The van der Waals surface area contributed by atoms with E-state index >= 15 is 0 Å². The summed E-state index contributed by atoms with van der Waals surface area (Å²) >= 11 is 2.43. The Bertz CT molecular complexity index is 1600. The van der Waals surface area contributed by atoms with Crippen LogP contribution in [-0.4, -0.2) is 20.9 Å². The maximum atomic E-state index is 13.2. The van der Waals surface area contributed by atoms with E-state index in [1.165, 1.54) is 11.3 Å². The second kappa shape index (κ2) is 9.13. The topological polar surface area (TPSA) is 144 Å². The molecule has 5 rings (SSSR count). The summed E-state index contributed by atoms with van der Waals surface area (Å²) in [6.45, 7) is 2.07. The number of amides is 1. The Morgan fingerprint density at radius 2 is 1.91 bits per heavy atom. The number of nitrogens with two attached hydrogens (primary N) is 2. The summed E-state index contributed by atoms with van der Waals surface area (Å²) in [6.07, 6.45) is 2.58. The van der Waals surface area contributed by atoms with Gasteiger partial charge in [-0.1, -0.05) is 37.3 Å². The zero-order valence-corrected chi connectivity index (χ0v) is 20.2. The molecule has 172 valence electrons. The third-order valence-electron chi connectivity index (χ3n) is 5.53. The first-order valence-corrected chi connectivity index (χ1v) is 12.4. The Morgan fingerprint density at radius 1 is 1.11 bits per heavy atom. The van der Waals surface area contributed by atoms with Crippen molar-refractivity contribution in [2.45, 2.75) is 13.3 Å². The quantitative estimate of drug-likeness (QED) is 0.297. The number of thiophene rings is 1. The molecule has 1 aromatic carbocycles. The highest BCUT2D eigenvalue weighted by Gasteiger charge is 2.25. The maximum absolute atomic E-state index is 13.2. The first-order chi connectivity index (χ1) is 17.0. The Hall–Kier alpha value is -4.33. The van der Waals surface area contributed by atoms with Gasteiger partial charge in [0.2, 0.25) is 0 Å². The first-order valence-electron chi connectivity index (χ1n) is 10.7. The summed E-state index contributed by atoms with van der Waals surface area (Å²) in [5.41, 5.74) is 17.0. The van der Waals surface area contributed by atoms with Crippen LogP contribution in [0.2, 0.25) is 0 Å². The van der Waals surface area contributed by atoms with Crippen molar-refractivity contribution in [2.75, 3.05) is 16.8 Å². The fourth-order valence-electron chi connectivity index (χ4n) is 3.76. The average molecular weight is 498 g/mol. The molecule has 5 aromatic rings. The van der Waals surface area contributed by atoms with E-state index < -0.39 is 5.91 Å². The number of nitrogens with one attached hydrogen (secondary N) is 1. The van der Waals surface area contributed by atoms with Crippen molar-refractivity contribution in [3.8, 4) is 28.6 Å². The van der Waals surface area contributed by atoms with Crippen LogP contribution in [0.3, 0.4) is 0 Å². The van der Waals surface area contributed by atoms with E-state index in [0.717, 1.165) is 28.9 Å². The van der Waals surface area contributed by atoms with E-state index in [1.807, 2.05) is 47.8 Å². The molecule has 8 nitrogen and oxygen atoms in total. The summed E-state index contributed by atoms with van der Waals surface area (Å²) in [4.78, 5) is 27.1. The molecule has 0 spiro atoms. The zero-order chi connectivity index (χ0) is 24.5. The lowest BCUT2D eigenvalue weighted by atomic mass is 9.96. The molecular formula is C25H19N7OS2. The number of benzene rings is 1. The smallest absolute Gasteiger partial charge is 0.269 e. The number of rotatable bonds is 5. The predicted octanol–water partition coefficient (Wildman–Crippen LogP) is 5.33. The van der Waals surface area contributed by atoms with Gasteiger partial charge in [-0.25, -0.2) is 9.97 Å². The Balaban J connectivity index is 1.56. The molecule has 0 aliphatic rings. The van der Waals surface area contributed by atoms with Crippen LogP contribution in [-0.2, 0) is 6.42 Å². The molecule has 0 bridgehead atoms. The largest absolute Gasteiger partial charge is 0.397 e. The summed E-state index contributed by atoms with van der Waals surface area (Å²) in [5, 5.41) is 15.4. The van der Waals surface area contributed by atoms with Crippen molar-refractivity contribution < 1.29 is 4.79 Å². The fraction of sp³-hybridized carbons (Fsp3) is 0.0800. The zero-order valence-electron chi connectivity index (χ0n) is 18.6.